The van der Waals surface area contributed by atoms with E-state index in [9.17, 15) is 0 Å². The fraction of sp³-hybridized carbons (Fsp3) is 0.118. The highest BCUT2D eigenvalue weighted by molar-refractivity contribution is 5.90. The first-order valence-corrected chi connectivity index (χ1v) is 7.02. The molecule has 3 heterocycles. The number of aromatic nitrogens is 4. The number of rotatable bonds is 2. The number of methoxy groups -OCH3 is 1. The van der Waals surface area contributed by atoms with E-state index in [1.54, 1.807) is 17.8 Å². The van der Waals surface area contributed by atoms with Gasteiger partial charge in [-0.15, -0.1) is 0 Å². The average molecular weight is 290 g/mol. The van der Waals surface area contributed by atoms with Gasteiger partial charge in [-0.25, -0.2) is 14.5 Å². The van der Waals surface area contributed by atoms with Crippen LogP contribution in [0.1, 0.15) is 5.69 Å². The molecule has 4 aromatic rings. The molecule has 0 aliphatic rings. The molecule has 0 aliphatic carbocycles. The zero-order valence-corrected chi connectivity index (χ0v) is 12.3. The molecule has 0 N–H and O–H groups in total. The third kappa shape index (κ3) is 1.83. The smallest absolute Gasteiger partial charge is 0.221 e. The van der Waals surface area contributed by atoms with Gasteiger partial charge in [-0.05, 0) is 25.1 Å². The molecule has 3 aromatic heterocycles. The fourth-order valence-corrected chi connectivity index (χ4v) is 2.74. The van der Waals surface area contributed by atoms with E-state index in [1.165, 1.54) is 0 Å². The van der Waals surface area contributed by atoms with Crippen LogP contribution >= 0.6 is 0 Å². The number of hydrogen-bond acceptors (Lipinski definition) is 4. The Hall–Kier alpha value is -2.95. The highest BCUT2D eigenvalue weighted by Crippen LogP contribution is 2.35. The van der Waals surface area contributed by atoms with Crippen LogP contribution in [0, 0.1) is 6.92 Å². The van der Waals surface area contributed by atoms with Crippen LogP contribution in [-0.4, -0.2) is 26.7 Å². The number of hydrogen-bond donors (Lipinski definition) is 0. The molecule has 0 atom stereocenters. The van der Waals surface area contributed by atoms with Gasteiger partial charge in [0.15, 0.2) is 5.65 Å². The maximum atomic E-state index is 5.51. The molecule has 0 aliphatic heterocycles. The Balaban J connectivity index is 2.09. The molecule has 0 amide bonds. The third-order valence-corrected chi connectivity index (χ3v) is 3.72. The Kier molecular flexibility index (Phi) is 2.79. The summed E-state index contributed by atoms with van der Waals surface area (Å²) >= 11 is 0. The zero-order chi connectivity index (χ0) is 15.1. The Morgan fingerprint density at radius 1 is 1.14 bits per heavy atom. The summed E-state index contributed by atoms with van der Waals surface area (Å²) in [6, 6.07) is 11.9. The third-order valence-electron chi connectivity index (χ3n) is 3.72. The summed E-state index contributed by atoms with van der Waals surface area (Å²) in [5.74, 6) is 0.586. The van der Waals surface area contributed by atoms with Crippen LogP contribution in [0.25, 0.3) is 27.7 Å². The molecule has 0 fully saturated rings. The van der Waals surface area contributed by atoms with E-state index in [0.717, 1.165) is 33.4 Å². The number of pyridine rings is 1. The first-order valence-electron chi connectivity index (χ1n) is 7.02. The Morgan fingerprint density at radius 2 is 2.00 bits per heavy atom. The van der Waals surface area contributed by atoms with Crippen molar-refractivity contribution < 1.29 is 4.74 Å². The van der Waals surface area contributed by atoms with Gasteiger partial charge in [0.1, 0.15) is 0 Å². The monoisotopic (exact) mass is 290 g/mol. The minimum atomic E-state index is 0.586. The SMILES string of the molecule is COc1nc2ccccc2cc1-c1c(C)nn2cccnc12. The first-order chi connectivity index (χ1) is 10.8. The van der Waals surface area contributed by atoms with Crippen LogP contribution in [0.5, 0.6) is 5.88 Å². The Morgan fingerprint density at radius 3 is 2.86 bits per heavy atom. The quantitative estimate of drug-likeness (QED) is 0.568. The maximum Gasteiger partial charge on any atom is 0.221 e. The number of ether oxygens (including phenoxy) is 1. The minimum Gasteiger partial charge on any atom is -0.481 e. The van der Waals surface area contributed by atoms with Gasteiger partial charge in [0, 0.05) is 17.8 Å². The van der Waals surface area contributed by atoms with Gasteiger partial charge < -0.3 is 4.74 Å². The van der Waals surface area contributed by atoms with Crippen LogP contribution in [0.15, 0.2) is 48.8 Å². The molecule has 0 spiro atoms. The second-order valence-corrected chi connectivity index (χ2v) is 5.09. The second-order valence-electron chi connectivity index (χ2n) is 5.09. The zero-order valence-electron chi connectivity index (χ0n) is 12.3. The van der Waals surface area contributed by atoms with Crippen molar-refractivity contribution in [1.82, 2.24) is 19.6 Å². The van der Waals surface area contributed by atoms with Crippen molar-refractivity contribution in [1.29, 1.82) is 0 Å². The fourth-order valence-electron chi connectivity index (χ4n) is 2.74. The van der Waals surface area contributed by atoms with Crippen molar-refractivity contribution >= 4 is 16.6 Å². The van der Waals surface area contributed by atoms with E-state index in [1.807, 2.05) is 43.5 Å². The van der Waals surface area contributed by atoms with E-state index in [4.69, 9.17) is 4.74 Å². The van der Waals surface area contributed by atoms with E-state index in [2.05, 4.69) is 21.1 Å². The Bertz CT molecular complexity index is 990. The number of fused-ring (bicyclic) bond motifs is 2. The normalized spacial score (nSPS) is 11.2. The average Bonchev–Trinajstić information content (AvgIpc) is 2.89. The molecule has 0 unspecified atom stereocenters. The van der Waals surface area contributed by atoms with Crippen LogP contribution in [0.3, 0.4) is 0 Å². The Labute approximate surface area is 127 Å². The van der Waals surface area contributed by atoms with Gasteiger partial charge >= 0.3 is 0 Å². The van der Waals surface area contributed by atoms with Crippen LogP contribution in [-0.2, 0) is 0 Å². The standard InChI is InChI=1S/C17H14N4O/c1-11-15(16-18-8-5-9-21(16)20-11)13-10-12-6-3-4-7-14(12)19-17(13)22-2/h3-10H,1-2H3. The molecule has 5 nitrogen and oxygen atoms in total. The topological polar surface area (TPSA) is 52.3 Å². The number of nitrogens with zero attached hydrogens (tertiary/aromatic N) is 4. The maximum absolute atomic E-state index is 5.51. The molecule has 1 aromatic carbocycles. The van der Waals surface area contributed by atoms with Gasteiger partial charge in [-0.1, -0.05) is 18.2 Å². The van der Waals surface area contributed by atoms with Crippen LogP contribution in [0.4, 0.5) is 0 Å². The summed E-state index contributed by atoms with van der Waals surface area (Å²) in [7, 11) is 1.63. The molecular weight excluding hydrogens is 276 g/mol. The second kappa shape index (κ2) is 4.80. The first kappa shape index (κ1) is 12.8. The molecule has 0 radical (unpaired) electrons. The van der Waals surface area contributed by atoms with Gasteiger partial charge in [0.2, 0.25) is 5.88 Å². The van der Waals surface area contributed by atoms with Crippen molar-refractivity contribution in [2.24, 2.45) is 0 Å². The van der Waals surface area contributed by atoms with E-state index in [0.29, 0.717) is 5.88 Å². The largest absolute Gasteiger partial charge is 0.481 e. The van der Waals surface area contributed by atoms with Crippen molar-refractivity contribution in [3.8, 4) is 17.0 Å². The van der Waals surface area contributed by atoms with Crippen molar-refractivity contribution in [2.45, 2.75) is 6.92 Å². The van der Waals surface area contributed by atoms with Gasteiger partial charge in [-0.3, -0.25) is 0 Å². The lowest BCUT2D eigenvalue weighted by molar-refractivity contribution is 0.401. The predicted molar refractivity (Wildman–Crippen MR) is 85.0 cm³/mol. The summed E-state index contributed by atoms with van der Waals surface area (Å²) in [6.45, 7) is 1.97. The molecule has 0 bridgehead atoms. The molecule has 0 saturated carbocycles. The van der Waals surface area contributed by atoms with E-state index >= 15 is 0 Å². The summed E-state index contributed by atoms with van der Waals surface area (Å²) in [6.07, 6.45) is 3.65. The van der Waals surface area contributed by atoms with Crippen molar-refractivity contribution in [3.05, 3.63) is 54.5 Å². The van der Waals surface area contributed by atoms with Gasteiger partial charge in [0.25, 0.3) is 0 Å². The van der Waals surface area contributed by atoms with Crippen molar-refractivity contribution in [2.75, 3.05) is 7.11 Å². The summed E-state index contributed by atoms with van der Waals surface area (Å²) in [4.78, 5) is 9.06. The number of aryl methyl sites for hydroxylation is 1. The molecule has 4 rings (SSSR count). The molecule has 0 saturated heterocycles. The molecule has 22 heavy (non-hydrogen) atoms. The molecule has 5 heteroatoms. The highest BCUT2D eigenvalue weighted by atomic mass is 16.5. The predicted octanol–water partition coefficient (Wildman–Crippen LogP) is 3.26. The minimum absolute atomic E-state index is 0.586. The number of para-hydroxylation sites is 1. The lowest BCUT2D eigenvalue weighted by Gasteiger charge is -2.09. The highest BCUT2D eigenvalue weighted by Gasteiger charge is 2.18. The summed E-state index contributed by atoms with van der Waals surface area (Å²) in [5, 5.41) is 5.58. The van der Waals surface area contributed by atoms with Crippen molar-refractivity contribution in [3.63, 3.8) is 0 Å². The lowest BCUT2D eigenvalue weighted by atomic mass is 10.0. The van der Waals surface area contributed by atoms with Gasteiger partial charge in [-0.2, -0.15) is 5.10 Å². The van der Waals surface area contributed by atoms with E-state index in [-0.39, 0.29) is 0 Å². The molecular formula is C17H14N4O. The summed E-state index contributed by atoms with van der Waals surface area (Å²) in [5.41, 5.74) is 4.47. The summed E-state index contributed by atoms with van der Waals surface area (Å²) < 4.78 is 7.28. The molecule has 108 valence electrons. The van der Waals surface area contributed by atoms with Gasteiger partial charge in [0.05, 0.1) is 29.4 Å². The van der Waals surface area contributed by atoms with E-state index < -0.39 is 0 Å². The lowest BCUT2D eigenvalue weighted by Crippen LogP contribution is -1.94. The van der Waals surface area contributed by atoms with Crippen LogP contribution in [0.2, 0.25) is 0 Å². The van der Waals surface area contributed by atoms with Crippen LogP contribution < -0.4 is 4.74 Å². The number of benzene rings is 1.